The number of furan rings is 1. The van der Waals surface area contributed by atoms with E-state index in [2.05, 4.69) is 4.98 Å². The third-order valence-corrected chi connectivity index (χ3v) is 4.10. The fourth-order valence-electron chi connectivity index (χ4n) is 3.10. The van der Waals surface area contributed by atoms with Gasteiger partial charge in [-0.1, -0.05) is 5.98 Å². The van der Waals surface area contributed by atoms with E-state index in [0.29, 0.717) is 28.4 Å². The molecule has 1 aliphatic heterocycles. The van der Waals surface area contributed by atoms with Crippen LogP contribution in [0.15, 0.2) is 47.1 Å². The first-order chi connectivity index (χ1) is 13.5. The number of hydrogen-bond acceptors (Lipinski definition) is 3. The highest BCUT2D eigenvalue weighted by Crippen LogP contribution is 2.42. The van der Waals surface area contributed by atoms with Gasteiger partial charge in [0.25, 0.3) is 11.7 Å². The van der Waals surface area contributed by atoms with Crippen molar-refractivity contribution in [2.45, 2.75) is 20.5 Å². The number of aromatic nitrogens is 2. The van der Waals surface area contributed by atoms with Crippen molar-refractivity contribution in [1.29, 1.82) is 0 Å². The summed E-state index contributed by atoms with van der Waals surface area (Å²) in [7, 11) is 1.75. The summed E-state index contributed by atoms with van der Waals surface area (Å²) in [4.78, 5) is 6.10. The molecule has 3 aromatic heterocycles. The van der Waals surface area contributed by atoms with Gasteiger partial charge in [0.2, 0.25) is 5.71 Å². The van der Waals surface area contributed by atoms with Gasteiger partial charge in [-0.25, -0.2) is 9.55 Å². The Hall–Kier alpha value is -2.56. The summed E-state index contributed by atoms with van der Waals surface area (Å²) >= 11 is 0. The molecule has 114 valence electrons. The second-order valence-electron chi connectivity index (χ2n) is 5.72. The Morgan fingerprint density at radius 2 is 2.22 bits per heavy atom. The number of pyridine rings is 2. The molecule has 3 aromatic rings. The zero-order chi connectivity index (χ0) is 21.1. The van der Waals surface area contributed by atoms with Gasteiger partial charge in [-0.3, -0.25) is 4.81 Å². The Kier molecular flexibility index (Phi) is 1.93. The minimum Gasteiger partial charge on any atom is -0.404 e. The van der Waals surface area contributed by atoms with Gasteiger partial charge < -0.3 is 4.42 Å². The van der Waals surface area contributed by atoms with E-state index < -0.39 is 13.7 Å². The van der Waals surface area contributed by atoms with Gasteiger partial charge in [-0.2, -0.15) is 0 Å². The Balaban J connectivity index is 1.95. The maximum atomic E-state index is 7.99. The molecule has 0 aliphatic carbocycles. The molecule has 5 heteroatoms. The van der Waals surface area contributed by atoms with Gasteiger partial charge in [0.05, 0.1) is 24.2 Å². The van der Waals surface area contributed by atoms with E-state index >= 15 is 0 Å². The van der Waals surface area contributed by atoms with Crippen LogP contribution in [-0.2, 0) is 7.05 Å². The van der Waals surface area contributed by atoms with Crippen LogP contribution in [0, 0.1) is 6.85 Å². The molecule has 0 bridgehead atoms. The molecule has 4 heterocycles. The lowest BCUT2D eigenvalue weighted by atomic mass is 9.59. The molecular formula is C18H19BN3O+. The van der Waals surface area contributed by atoms with Crippen LogP contribution in [0.2, 0.25) is 6.82 Å². The van der Waals surface area contributed by atoms with Crippen molar-refractivity contribution in [3.63, 3.8) is 0 Å². The lowest BCUT2D eigenvalue weighted by molar-refractivity contribution is -0.658. The van der Waals surface area contributed by atoms with Crippen LogP contribution in [0.1, 0.15) is 26.2 Å². The lowest BCUT2D eigenvalue weighted by Gasteiger charge is -2.24. The molecule has 23 heavy (non-hydrogen) atoms. The highest BCUT2D eigenvalue weighted by atomic mass is 16.4. The van der Waals surface area contributed by atoms with E-state index in [-0.39, 0.29) is 18.0 Å². The first-order valence-corrected chi connectivity index (χ1v) is 7.38. The van der Waals surface area contributed by atoms with Crippen LogP contribution in [0.3, 0.4) is 0 Å². The van der Waals surface area contributed by atoms with Gasteiger partial charge in [-0.05, 0) is 49.9 Å². The van der Waals surface area contributed by atoms with E-state index in [1.807, 2.05) is 11.6 Å². The highest BCUT2D eigenvalue weighted by molar-refractivity contribution is 6.70. The number of nitrogens with zero attached hydrogens (tertiary/aromatic N) is 3. The topological polar surface area (TPSA) is 33.2 Å². The Morgan fingerprint density at radius 1 is 1.30 bits per heavy atom. The third kappa shape index (κ3) is 2.07. The van der Waals surface area contributed by atoms with E-state index in [1.54, 1.807) is 54.2 Å². The van der Waals surface area contributed by atoms with Gasteiger partial charge in [0, 0.05) is 20.5 Å². The van der Waals surface area contributed by atoms with E-state index in [4.69, 9.17) is 12.6 Å². The first kappa shape index (κ1) is 8.92. The van der Waals surface area contributed by atoms with E-state index in [9.17, 15) is 0 Å². The van der Waals surface area contributed by atoms with Gasteiger partial charge in [0.15, 0.2) is 0 Å². The number of allylic oxidation sites excluding steroid dienone is 1. The highest BCUT2D eigenvalue weighted by Gasteiger charge is 2.39. The van der Waals surface area contributed by atoms with Gasteiger partial charge >= 0.3 is 6.85 Å². The van der Waals surface area contributed by atoms with Crippen molar-refractivity contribution in [1.82, 2.24) is 4.98 Å². The van der Waals surface area contributed by atoms with Crippen LogP contribution in [0.5, 0.6) is 0 Å². The molecule has 0 saturated carbocycles. The van der Waals surface area contributed by atoms with Crippen LogP contribution < -0.4 is 9.38 Å². The molecule has 0 fully saturated rings. The molecule has 0 N–H and O–H groups in total. The molecule has 0 amide bonds. The van der Waals surface area contributed by atoms with Crippen molar-refractivity contribution in [2.75, 3.05) is 4.81 Å². The largest absolute Gasteiger partial charge is 0.406 e. The van der Waals surface area contributed by atoms with Gasteiger partial charge in [0.1, 0.15) is 0 Å². The van der Waals surface area contributed by atoms with E-state index in [0.717, 1.165) is 0 Å². The standard InChI is InChI=1S/C18H19BN3O/c1-12-7-8-15(21(4)11-12)22-18-16(13(2)10-19(22)3)14-6-5-9-20-17(14)23-18/h5-11H,1-4H3/q+1/i1D3,2D3. The molecule has 0 atom stereocenters. The van der Waals surface area contributed by atoms with E-state index in [1.165, 1.54) is 0 Å². The molecule has 0 saturated heterocycles. The minimum atomic E-state index is -2.31. The quantitative estimate of drug-likeness (QED) is 0.508. The maximum absolute atomic E-state index is 7.99. The predicted molar refractivity (Wildman–Crippen MR) is 93.8 cm³/mol. The number of anilines is 2. The molecule has 0 aromatic carbocycles. The third-order valence-electron chi connectivity index (χ3n) is 4.10. The van der Waals surface area contributed by atoms with Crippen LogP contribution in [0.4, 0.5) is 11.7 Å². The summed E-state index contributed by atoms with van der Waals surface area (Å²) in [5.74, 6) is 2.76. The minimum absolute atomic E-state index is 0.221. The van der Waals surface area contributed by atoms with Crippen LogP contribution >= 0.6 is 0 Å². The zero-order valence-electron chi connectivity index (χ0n) is 18.9. The Labute approximate surface area is 144 Å². The molecule has 4 nitrogen and oxygen atoms in total. The van der Waals surface area contributed by atoms with Crippen LogP contribution in [-0.4, -0.2) is 11.8 Å². The Morgan fingerprint density at radius 3 is 3.00 bits per heavy atom. The van der Waals surface area contributed by atoms with Crippen molar-refractivity contribution in [2.24, 2.45) is 7.05 Å². The van der Waals surface area contributed by atoms with Crippen molar-refractivity contribution >= 4 is 35.2 Å². The second-order valence-corrected chi connectivity index (χ2v) is 5.72. The van der Waals surface area contributed by atoms with Crippen molar-refractivity contribution < 1.29 is 17.2 Å². The average molecular weight is 310 g/mol. The maximum Gasteiger partial charge on any atom is 0.406 e. The monoisotopic (exact) mass is 310 g/mol. The molecule has 0 radical (unpaired) electrons. The second kappa shape index (κ2) is 4.98. The zero-order valence-corrected chi connectivity index (χ0v) is 12.9. The molecule has 1 aliphatic rings. The summed E-state index contributed by atoms with van der Waals surface area (Å²) in [6.07, 6.45) is 3.15. The van der Waals surface area contributed by atoms with Crippen molar-refractivity contribution in [3.8, 4) is 0 Å². The molecular weight excluding hydrogens is 285 g/mol. The summed E-state index contributed by atoms with van der Waals surface area (Å²) in [5.41, 5.74) is 1.29. The fourth-order valence-corrected chi connectivity index (χ4v) is 3.10. The molecule has 0 spiro atoms. The normalized spacial score (nSPS) is 19.1. The van der Waals surface area contributed by atoms with Gasteiger partial charge in [-0.15, -0.1) is 0 Å². The summed E-state index contributed by atoms with van der Waals surface area (Å²) in [6, 6.07) is 6.79. The average Bonchev–Trinajstić information content (AvgIpc) is 2.99. The summed E-state index contributed by atoms with van der Waals surface area (Å²) in [5, 5.41) is 0.628. The molecule has 0 unspecified atom stereocenters. The molecule has 4 rings (SSSR count). The SMILES string of the molecule is [2H]C([2H])([2H])C1=CB(C)N(c2ccc(C([2H])([2H])[2H])c[n+]2C)c2oc3ncccc3c21. The van der Waals surface area contributed by atoms with Crippen molar-refractivity contribution in [3.05, 3.63) is 53.8 Å². The summed E-state index contributed by atoms with van der Waals surface area (Å²) in [6.45, 7) is -2.99. The Bertz CT molecular complexity index is 1130. The lowest BCUT2D eigenvalue weighted by Crippen LogP contribution is -2.43. The number of rotatable bonds is 1. The number of aryl methyl sites for hydroxylation is 2. The van der Waals surface area contributed by atoms with Crippen LogP contribution in [0.25, 0.3) is 16.7 Å². The first-order valence-electron chi connectivity index (χ1n) is 10.4. The smallest absolute Gasteiger partial charge is 0.404 e. The number of fused-ring (bicyclic) bond motifs is 3. The predicted octanol–water partition coefficient (Wildman–Crippen LogP) is 3.68. The fraction of sp³-hybridized carbons (Fsp3) is 0.222. The summed E-state index contributed by atoms with van der Waals surface area (Å²) < 4.78 is 54.5. The number of hydrogen-bond donors (Lipinski definition) is 0.